The Morgan fingerprint density at radius 3 is 3.20 bits per heavy atom. The molecule has 56 valence electrons. The summed E-state index contributed by atoms with van der Waals surface area (Å²) < 4.78 is 9.76. The molecule has 2 radical (unpaired) electrons. The minimum Gasteiger partial charge on any atom is -0.463 e. The van der Waals surface area contributed by atoms with Gasteiger partial charge in [0.15, 0.2) is 0 Å². The predicted octanol–water partition coefficient (Wildman–Crippen LogP) is 0.704. The Bertz CT molecular complexity index is 116. The van der Waals surface area contributed by atoms with Crippen LogP contribution in [0.4, 0.5) is 0 Å². The van der Waals surface area contributed by atoms with Crippen LogP contribution in [0, 0.1) is 13.0 Å². The van der Waals surface area contributed by atoms with E-state index >= 15 is 0 Å². The maximum Gasteiger partial charge on any atom is 0.302 e. The second kappa shape index (κ2) is 3.56. The SMILES string of the molecule is CC(=O)OCC1[CH]C[CH]O1. The summed E-state index contributed by atoms with van der Waals surface area (Å²) in [5, 5.41) is 0. The fourth-order valence-corrected chi connectivity index (χ4v) is 0.749. The van der Waals surface area contributed by atoms with E-state index in [1.165, 1.54) is 6.92 Å². The molecule has 10 heavy (non-hydrogen) atoms. The maximum atomic E-state index is 10.3. The van der Waals surface area contributed by atoms with Crippen LogP contribution in [0.3, 0.4) is 0 Å². The number of hydrogen-bond acceptors (Lipinski definition) is 3. The molecule has 0 bridgehead atoms. The first kappa shape index (κ1) is 7.54. The fraction of sp³-hybridized carbons (Fsp3) is 0.571. The van der Waals surface area contributed by atoms with Crippen LogP contribution in [-0.2, 0) is 14.3 Å². The molecule has 1 saturated heterocycles. The van der Waals surface area contributed by atoms with Crippen LogP contribution >= 0.6 is 0 Å². The molecule has 1 fully saturated rings. The highest BCUT2D eigenvalue weighted by Gasteiger charge is 2.16. The zero-order valence-corrected chi connectivity index (χ0v) is 5.87. The van der Waals surface area contributed by atoms with E-state index in [1.54, 1.807) is 6.61 Å². The molecule has 0 aromatic heterocycles. The Labute approximate surface area is 60.3 Å². The Hall–Kier alpha value is -0.570. The van der Waals surface area contributed by atoms with Gasteiger partial charge in [-0.3, -0.25) is 4.79 Å². The van der Waals surface area contributed by atoms with Crippen molar-refractivity contribution in [1.29, 1.82) is 0 Å². The second-order valence-electron chi connectivity index (χ2n) is 2.12. The van der Waals surface area contributed by atoms with Gasteiger partial charge in [0.2, 0.25) is 0 Å². The van der Waals surface area contributed by atoms with E-state index in [2.05, 4.69) is 0 Å². The first-order valence-corrected chi connectivity index (χ1v) is 3.23. The Morgan fingerprint density at radius 1 is 1.90 bits per heavy atom. The van der Waals surface area contributed by atoms with Gasteiger partial charge in [-0.2, -0.15) is 0 Å². The quantitative estimate of drug-likeness (QED) is 0.532. The third kappa shape index (κ3) is 2.35. The molecule has 0 aromatic rings. The summed E-state index contributed by atoms with van der Waals surface area (Å²) >= 11 is 0. The molecule has 1 aliphatic heterocycles. The molecule has 1 unspecified atom stereocenters. The molecule has 0 aromatic carbocycles. The molecule has 0 spiro atoms. The lowest BCUT2D eigenvalue weighted by Gasteiger charge is -2.07. The van der Waals surface area contributed by atoms with Crippen molar-refractivity contribution in [2.75, 3.05) is 6.61 Å². The summed E-state index contributed by atoms with van der Waals surface area (Å²) in [6, 6.07) is 0. The molecule has 0 amide bonds. The van der Waals surface area contributed by atoms with E-state index in [1.807, 2.05) is 6.42 Å². The standard InChI is InChI=1S/C7H10O3/c1-6(8)10-5-7-3-2-4-9-7/h3-4,7H,2,5H2,1H3. The molecule has 3 heteroatoms. The number of esters is 1. The molecular formula is C7H10O3. The van der Waals surface area contributed by atoms with E-state index in [4.69, 9.17) is 9.47 Å². The second-order valence-corrected chi connectivity index (χ2v) is 2.12. The van der Waals surface area contributed by atoms with Crippen LogP contribution in [0.1, 0.15) is 13.3 Å². The lowest BCUT2D eigenvalue weighted by molar-refractivity contribution is -0.143. The maximum absolute atomic E-state index is 10.3. The van der Waals surface area contributed by atoms with Crippen LogP contribution in [0.25, 0.3) is 0 Å². The first-order valence-electron chi connectivity index (χ1n) is 3.23. The zero-order chi connectivity index (χ0) is 7.40. The van der Waals surface area contributed by atoms with Gasteiger partial charge in [0.1, 0.15) is 6.61 Å². The summed E-state index contributed by atoms with van der Waals surface area (Å²) in [4.78, 5) is 10.3. The summed E-state index contributed by atoms with van der Waals surface area (Å²) in [6.45, 7) is 3.43. The van der Waals surface area contributed by atoms with Crippen molar-refractivity contribution in [2.45, 2.75) is 19.4 Å². The predicted molar refractivity (Wildman–Crippen MR) is 34.7 cm³/mol. The molecule has 0 aliphatic carbocycles. The van der Waals surface area contributed by atoms with Crippen LogP contribution < -0.4 is 0 Å². The lowest BCUT2D eigenvalue weighted by Crippen LogP contribution is -2.15. The Kier molecular flexibility index (Phi) is 2.68. The van der Waals surface area contributed by atoms with Crippen molar-refractivity contribution in [3.63, 3.8) is 0 Å². The van der Waals surface area contributed by atoms with Gasteiger partial charge in [-0.25, -0.2) is 0 Å². The van der Waals surface area contributed by atoms with Gasteiger partial charge in [-0.1, -0.05) is 0 Å². The van der Waals surface area contributed by atoms with Gasteiger partial charge in [-0.05, 0) is 12.8 Å². The number of carbonyl (C=O) groups excluding carboxylic acids is 1. The topological polar surface area (TPSA) is 35.5 Å². The van der Waals surface area contributed by atoms with Crippen molar-refractivity contribution in [1.82, 2.24) is 0 Å². The minimum atomic E-state index is -0.260. The molecule has 0 saturated carbocycles. The first-order chi connectivity index (χ1) is 4.79. The van der Waals surface area contributed by atoms with Crippen molar-refractivity contribution in [3.05, 3.63) is 13.0 Å². The Balaban J connectivity index is 2.07. The van der Waals surface area contributed by atoms with E-state index in [0.29, 0.717) is 6.61 Å². The number of hydrogen-bond donors (Lipinski definition) is 0. The van der Waals surface area contributed by atoms with Crippen LogP contribution in [0.2, 0.25) is 0 Å². The summed E-state index contributed by atoms with van der Waals surface area (Å²) in [6.07, 6.45) is 2.78. The molecule has 3 nitrogen and oxygen atoms in total. The summed E-state index contributed by atoms with van der Waals surface area (Å²) in [7, 11) is 0. The highest BCUT2D eigenvalue weighted by Crippen LogP contribution is 2.14. The van der Waals surface area contributed by atoms with Crippen molar-refractivity contribution < 1.29 is 14.3 Å². The van der Waals surface area contributed by atoms with E-state index in [-0.39, 0.29) is 12.1 Å². The largest absolute Gasteiger partial charge is 0.463 e. The monoisotopic (exact) mass is 142 g/mol. The molecule has 1 aliphatic rings. The van der Waals surface area contributed by atoms with Gasteiger partial charge < -0.3 is 9.47 Å². The average molecular weight is 142 g/mol. The van der Waals surface area contributed by atoms with Crippen LogP contribution in [0.5, 0.6) is 0 Å². The van der Waals surface area contributed by atoms with Gasteiger partial charge in [0, 0.05) is 6.92 Å². The summed E-state index contributed by atoms with van der Waals surface area (Å²) in [5.41, 5.74) is 0. The fourth-order valence-electron chi connectivity index (χ4n) is 0.749. The molecule has 0 N–H and O–H groups in total. The number of ether oxygens (including phenoxy) is 2. The van der Waals surface area contributed by atoms with Crippen molar-refractivity contribution >= 4 is 5.97 Å². The molecule has 1 rings (SSSR count). The molecular weight excluding hydrogens is 132 g/mol. The van der Waals surface area contributed by atoms with Crippen molar-refractivity contribution in [2.24, 2.45) is 0 Å². The molecule has 1 atom stereocenters. The lowest BCUT2D eigenvalue weighted by atomic mass is 10.2. The third-order valence-corrected chi connectivity index (χ3v) is 1.22. The van der Waals surface area contributed by atoms with Gasteiger partial charge in [0.05, 0.1) is 12.7 Å². The molecule has 1 heterocycles. The average Bonchev–Trinajstić information content (AvgIpc) is 2.34. The van der Waals surface area contributed by atoms with Gasteiger partial charge in [-0.15, -0.1) is 0 Å². The third-order valence-electron chi connectivity index (χ3n) is 1.22. The van der Waals surface area contributed by atoms with E-state index in [9.17, 15) is 4.79 Å². The van der Waals surface area contributed by atoms with Crippen LogP contribution in [-0.4, -0.2) is 18.7 Å². The van der Waals surface area contributed by atoms with Gasteiger partial charge >= 0.3 is 5.97 Å². The summed E-state index contributed by atoms with van der Waals surface area (Å²) in [5.74, 6) is -0.260. The highest BCUT2D eigenvalue weighted by molar-refractivity contribution is 5.65. The normalized spacial score (nSPS) is 24.7. The smallest absolute Gasteiger partial charge is 0.302 e. The number of rotatable bonds is 2. The highest BCUT2D eigenvalue weighted by atomic mass is 16.6. The van der Waals surface area contributed by atoms with Gasteiger partial charge in [0.25, 0.3) is 0 Å². The Morgan fingerprint density at radius 2 is 2.70 bits per heavy atom. The van der Waals surface area contributed by atoms with Crippen molar-refractivity contribution in [3.8, 4) is 0 Å². The minimum absolute atomic E-state index is 0.0242. The zero-order valence-electron chi connectivity index (χ0n) is 5.87. The van der Waals surface area contributed by atoms with E-state index in [0.717, 1.165) is 6.42 Å². The van der Waals surface area contributed by atoms with Crippen LogP contribution in [0.15, 0.2) is 0 Å². The van der Waals surface area contributed by atoms with E-state index < -0.39 is 0 Å². The number of carbonyl (C=O) groups is 1.